The molecule has 0 atom stereocenters. The summed E-state index contributed by atoms with van der Waals surface area (Å²) in [4.78, 5) is 6.84. The number of pyridine rings is 1. The van der Waals surface area contributed by atoms with E-state index in [9.17, 15) is 0 Å². The smallest absolute Gasteiger partial charge is 0.156 e. The minimum atomic E-state index is 0.652. The fraction of sp³-hybridized carbons (Fsp3) is 0.188. The number of hydrogen-bond acceptors (Lipinski definition) is 3. The van der Waals surface area contributed by atoms with Crippen LogP contribution in [0.1, 0.15) is 5.69 Å². The first-order valence-corrected chi connectivity index (χ1v) is 7.10. The molecule has 3 rings (SSSR count). The van der Waals surface area contributed by atoms with Crippen molar-refractivity contribution in [2.75, 3.05) is 19.8 Å². The Hall–Kier alpha value is -2.04. The van der Waals surface area contributed by atoms with E-state index in [1.165, 1.54) is 0 Å². The Morgan fingerprint density at radius 1 is 1.19 bits per heavy atom. The maximum absolute atomic E-state index is 6.27. The van der Waals surface area contributed by atoms with E-state index >= 15 is 0 Å². The molecule has 0 aliphatic heterocycles. The van der Waals surface area contributed by atoms with Crippen molar-refractivity contribution in [3.63, 3.8) is 0 Å². The van der Waals surface area contributed by atoms with Crippen LogP contribution in [0.2, 0.25) is 5.02 Å². The molecule has 5 heteroatoms. The molecule has 0 aliphatic carbocycles. The number of hydrogen-bond donors (Lipinski definition) is 1. The van der Waals surface area contributed by atoms with Gasteiger partial charge in [0, 0.05) is 24.0 Å². The summed E-state index contributed by atoms with van der Waals surface area (Å²) in [6.45, 7) is 0.779. The van der Waals surface area contributed by atoms with Crippen LogP contribution >= 0.6 is 11.6 Å². The van der Waals surface area contributed by atoms with Crippen LogP contribution in [0.15, 0.2) is 42.6 Å². The Morgan fingerprint density at radius 2 is 1.90 bits per heavy atom. The fourth-order valence-corrected chi connectivity index (χ4v) is 2.61. The monoisotopic (exact) mass is 300 g/mol. The van der Waals surface area contributed by atoms with Crippen molar-refractivity contribution in [3.8, 4) is 11.3 Å². The van der Waals surface area contributed by atoms with E-state index in [1.807, 2.05) is 61.1 Å². The zero-order chi connectivity index (χ0) is 15.0. The summed E-state index contributed by atoms with van der Waals surface area (Å²) in [6.07, 6.45) is 1.99. The van der Waals surface area contributed by atoms with E-state index in [1.54, 1.807) is 0 Å². The van der Waals surface area contributed by atoms with Gasteiger partial charge in [0.25, 0.3) is 0 Å². The normalized spacial score (nSPS) is 11.4. The maximum atomic E-state index is 6.27. The maximum Gasteiger partial charge on any atom is 0.156 e. The molecule has 0 bridgehead atoms. The molecule has 0 radical (unpaired) electrons. The molecule has 2 aromatic heterocycles. The molecule has 1 aromatic carbocycles. The minimum absolute atomic E-state index is 0.652. The highest BCUT2D eigenvalue weighted by molar-refractivity contribution is 6.33. The molecule has 21 heavy (non-hydrogen) atoms. The number of benzene rings is 1. The van der Waals surface area contributed by atoms with Crippen molar-refractivity contribution >= 4 is 22.9 Å². The Labute approximate surface area is 128 Å². The molecular weight excluding hydrogens is 284 g/mol. The van der Waals surface area contributed by atoms with Crippen LogP contribution in [0.5, 0.6) is 0 Å². The highest BCUT2D eigenvalue weighted by Gasteiger charge is 2.16. The molecule has 3 aromatic rings. The van der Waals surface area contributed by atoms with Gasteiger partial charge < -0.3 is 15.0 Å². The van der Waals surface area contributed by atoms with Crippen molar-refractivity contribution in [1.82, 2.24) is 14.3 Å². The number of rotatable bonds is 3. The Balaban J connectivity index is 2.25. The van der Waals surface area contributed by atoms with E-state index in [0.29, 0.717) is 5.02 Å². The molecule has 0 fully saturated rings. The number of imidazole rings is 1. The average Bonchev–Trinajstić information content (AvgIpc) is 2.80. The average molecular weight is 301 g/mol. The topological polar surface area (TPSA) is 46.6 Å². The van der Waals surface area contributed by atoms with E-state index in [4.69, 9.17) is 22.3 Å². The second-order valence-corrected chi connectivity index (χ2v) is 5.72. The third-order valence-electron chi connectivity index (χ3n) is 3.35. The van der Waals surface area contributed by atoms with Gasteiger partial charge in [-0.2, -0.15) is 0 Å². The second-order valence-electron chi connectivity index (χ2n) is 5.32. The van der Waals surface area contributed by atoms with Crippen LogP contribution in [0.25, 0.3) is 16.9 Å². The molecule has 2 heterocycles. The zero-order valence-corrected chi connectivity index (χ0v) is 12.8. The number of nitrogens with two attached hydrogens (primary N) is 1. The number of nitrogens with zero attached hydrogens (tertiary/aromatic N) is 3. The van der Waals surface area contributed by atoms with E-state index in [2.05, 4.69) is 4.90 Å². The Kier molecular flexibility index (Phi) is 3.57. The van der Waals surface area contributed by atoms with Gasteiger partial charge in [0.1, 0.15) is 0 Å². The SMILES string of the molecule is CN(C)Cc1c(-c2ccc(N)cc2)nc2c(Cl)cccn12. The predicted octanol–water partition coefficient (Wildman–Crippen LogP) is 3.30. The lowest BCUT2D eigenvalue weighted by Crippen LogP contribution is -2.13. The molecule has 108 valence electrons. The highest BCUT2D eigenvalue weighted by atomic mass is 35.5. The molecule has 2 N–H and O–H groups in total. The van der Waals surface area contributed by atoms with Gasteiger partial charge in [-0.05, 0) is 38.4 Å². The van der Waals surface area contributed by atoms with Crippen LogP contribution in [-0.4, -0.2) is 28.4 Å². The minimum Gasteiger partial charge on any atom is -0.399 e. The van der Waals surface area contributed by atoms with Gasteiger partial charge in [-0.3, -0.25) is 0 Å². The first kappa shape index (κ1) is 13.9. The molecule has 0 aliphatic rings. The van der Waals surface area contributed by atoms with Gasteiger partial charge in [0.15, 0.2) is 5.65 Å². The van der Waals surface area contributed by atoms with E-state index in [0.717, 1.165) is 34.8 Å². The third kappa shape index (κ3) is 2.60. The Morgan fingerprint density at radius 3 is 2.57 bits per heavy atom. The molecule has 0 spiro atoms. The molecular formula is C16H17ClN4. The molecule has 0 unspecified atom stereocenters. The molecule has 4 nitrogen and oxygen atoms in total. The number of aromatic nitrogens is 2. The first-order valence-electron chi connectivity index (χ1n) is 6.72. The summed E-state index contributed by atoms with van der Waals surface area (Å²) in [5.41, 5.74) is 10.4. The summed E-state index contributed by atoms with van der Waals surface area (Å²) in [5.74, 6) is 0. The highest BCUT2D eigenvalue weighted by Crippen LogP contribution is 2.28. The summed E-state index contributed by atoms with van der Waals surface area (Å²) < 4.78 is 2.05. The van der Waals surface area contributed by atoms with Gasteiger partial charge in [0.05, 0.1) is 16.4 Å². The van der Waals surface area contributed by atoms with Gasteiger partial charge >= 0.3 is 0 Å². The Bertz CT molecular complexity index is 775. The predicted molar refractivity (Wildman–Crippen MR) is 87.4 cm³/mol. The van der Waals surface area contributed by atoms with Crippen molar-refractivity contribution < 1.29 is 0 Å². The van der Waals surface area contributed by atoms with E-state index < -0.39 is 0 Å². The van der Waals surface area contributed by atoms with Crippen LogP contribution in [-0.2, 0) is 6.54 Å². The van der Waals surface area contributed by atoms with Crippen LogP contribution in [0.3, 0.4) is 0 Å². The van der Waals surface area contributed by atoms with Crippen molar-refractivity contribution in [2.45, 2.75) is 6.54 Å². The van der Waals surface area contributed by atoms with Crippen molar-refractivity contribution in [2.24, 2.45) is 0 Å². The lowest BCUT2D eigenvalue weighted by Gasteiger charge is -2.11. The van der Waals surface area contributed by atoms with Crippen LogP contribution in [0, 0.1) is 0 Å². The lowest BCUT2D eigenvalue weighted by atomic mass is 10.1. The fourth-order valence-electron chi connectivity index (χ4n) is 2.41. The van der Waals surface area contributed by atoms with Crippen LogP contribution < -0.4 is 5.73 Å². The number of nitrogen functional groups attached to an aromatic ring is 1. The molecule has 0 amide bonds. The van der Waals surface area contributed by atoms with Gasteiger partial charge in [-0.1, -0.05) is 23.7 Å². The lowest BCUT2D eigenvalue weighted by molar-refractivity contribution is 0.396. The second kappa shape index (κ2) is 5.39. The standard InChI is InChI=1S/C16H17ClN4/c1-20(2)10-14-15(11-5-7-12(18)8-6-11)19-16-13(17)4-3-9-21(14)16/h3-9H,10,18H2,1-2H3. The van der Waals surface area contributed by atoms with E-state index in [-0.39, 0.29) is 0 Å². The summed E-state index contributed by atoms with van der Waals surface area (Å²) in [7, 11) is 4.08. The van der Waals surface area contributed by atoms with Crippen LogP contribution in [0.4, 0.5) is 5.69 Å². The largest absolute Gasteiger partial charge is 0.399 e. The van der Waals surface area contributed by atoms with Gasteiger partial charge in [-0.15, -0.1) is 0 Å². The van der Waals surface area contributed by atoms with Gasteiger partial charge in [-0.25, -0.2) is 4.98 Å². The third-order valence-corrected chi connectivity index (χ3v) is 3.65. The summed E-state index contributed by atoms with van der Waals surface area (Å²) >= 11 is 6.27. The van der Waals surface area contributed by atoms with Crippen molar-refractivity contribution in [1.29, 1.82) is 0 Å². The van der Waals surface area contributed by atoms with Gasteiger partial charge in [0.2, 0.25) is 0 Å². The zero-order valence-electron chi connectivity index (χ0n) is 12.0. The number of fused-ring (bicyclic) bond motifs is 1. The summed E-state index contributed by atoms with van der Waals surface area (Å²) in [5, 5.41) is 0.652. The van der Waals surface area contributed by atoms with Crippen molar-refractivity contribution in [3.05, 3.63) is 53.3 Å². The quantitative estimate of drug-likeness (QED) is 0.755. The number of anilines is 1. The summed E-state index contributed by atoms with van der Waals surface area (Å²) in [6, 6.07) is 11.5. The molecule has 0 saturated carbocycles. The number of halogens is 1. The first-order chi connectivity index (χ1) is 10.1. The molecule has 0 saturated heterocycles.